The van der Waals surface area contributed by atoms with E-state index in [9.17, 15) is 4.21 Å². The van der Waals surface area contributed by atoms with Gasteiger partial charge in [-0.15, -0.1) is 0 Å². The summed E-state index contributed by atoms with van der Waals surface area (Å²) >= 11 is 11.1. The van der Waals surface area contributed by atoms with E-state index in [0.717, 1.165) is 0 Å². The summed E-state index contributed by atoms with van der Waals surface area (Å²) in [5.41, 5.74) is 5.36. The Morgan fingerprint density at radius 3 is 2.42 bits per heavy atom. The van der Waals surface area contributed by atoms with Crippen molar-refractivity contribution in [1.82, 2.24) is 9.97 Å². The van der Waals surface area contributed by atoms with Gasteiger partial charge in [0.1, 0.15) is 10.8 Å². The van der Waals surface area contributed by atoms with Crippen LogP contribution in [0, 0.1) is 0 Å². The lowest BCUT2D eigenvalue weighted by molar-refractivity contribution is 0.680. The first-order chi connectivity index (χ1) is 5.52. The summed E-state index contributed by atoms with van der Waals surface area (Å²) < 4.78 is 10.9. The van der Waals surface area contributed by atoms with Gasteiger partial charge in [0.05, 0.1) is 10.8 Å². The number of nitrogens with two attached hydrogens (primary N) is 1. The van der Waals surface area contributed by atoms with Gasteiger partial charge in [-0.05, 0) is 0 Å². The van der Waals surface area contributed by atoms with E-state index in [0.29, 0.717) is 0 Å². The second-order valence-corrected chi connectivity index (χ2v) is 3.96. The summed E-state index contributed by atoms with van der Waals surface area (Å²) in [6.07, 6.45) is 1.43. The third-order valence-electron chi connectivity index (χ3n) is 1.07. The van der Waals surface area contributed by atoms with Crippen LogP contribution in [-0.4, -0.2) is 20.4 Å². The average molecular weight is 226 g/mol. The quantitative estimate of drug-likeness (QED) is 0.575. The maximum absolute atomic E-state index is 10.9. The summed E-state index contributed by atoms with van der Waals surface area (Å²) in [7, 11) is -1.30. The molecule has 0 amide bonds. The lowest BCUT2D eigenvalue weighted by Crippen LogP contribution is -2.02. The Hall–Kier alpha value is -0.390. The largest absolute Gasteiger partial charge is 0.382 e. The predicted octanol–water partition coefficient (Wildman–Crippen LogP) is 1.10. The van der Waals surface area contributed by atoms with E-state index in [2.05, 4.69) is 9.97 Å². The number of anilines is 1. The van der Waals surface area contributed by atoms with E-state index in [1.807, 2.05) is 0 Å². The first-order valence-electron chi connectivity index (χ1n) is 2.84. The number of halogens is 2. The monoisotopic (exact) mass is 225 g/mol. The van der Waals surface area contributed by atoms with Crippen molar-refractivity contribution in [2.75, 3.05) is 12.0 Å². The lowest BCUT2D eigenvalue weighted by Gasteiger charge is -2.00. The molecule has 0 bridgehead atoms. The van der Waals surface area contributed by atoms with Gasteiger partial charge in [-0.1, -0.05) is 23.2 Å². The molecular weight excluding hydrogens is 221 g/mol. The highest BCUT2D eigenvalue weighted by atomic mass is 35.5. The van der Waals surface area contributed by atoms with Crippen LogP contribution in [0.2, 0.25) is 10.2 Å². The highest BCUT2D eigenvalue weighted by Crippen LogP contribution is 2.24. The van der Waals surface area contributed by atoms with Crippen molar-refractivity contribution in [3.8, 4) is 0 Å². The van der Waals surface area contributed by atoms with Gasteiger partial charge in [-0.3, -0.25) is 4.21 Å². The zero-order valence-electron chi connectivity index (χ0n) is 6.04. The van der Waals surface area contributed by atoms with Crippen molar-refractivity contribution >= 4 is 39.8 Å². The molecule has 0 saturated heterocycles. The molecule has 12 heavy (non-hydrogen) atoms. The molecule has 0 aliphatic rings. The number of nitrogen functional groups attached to an aromatic ring is 1. The maximum Gasteiger partial charge on any atom is 0.221 e. The molecule has 66 valence electrons. The second kappa shape index (κ2) is 3.55. The van der Waals surface area contributed by atoms with Gasteiger partial charge in [-0.2, -0.15) is 0 Å². The SMILES string of the molecule is C[S@@](=O)c1nc(N)c(Cl)c(Cl)n1. The van der Waals surface area contributed by atoms with Gasteiger partial charge in [0, 0.05) is 6.26 Å². The van der Waals surface area contributed by atoms with Crippen LogP contribution in [0.25, 0.3) is 0 Å². The van der Waals surface area contributed by atoms with Gasteiger partial charge in [-0.25, -0.2) is 9.97 Å². The highest BCUT2D eigenvalue weighted by molar-refractivity contribution is 7.84. The van der Waals surface area contributed by atoms with Gasteiger partial charge in [0.15, 0.2) is 5.15 Å². The molecule has 1 rings (SSSR count). The Morgan fingerprint density at radius 2 is 2.00 bits per heavy atom. The van der Waals surface area contributed by atoms with Gasteiger partial charge >= 0.3 is 0 Å². The molecule has 0 spiro atoms. The van der Waals surface area contributed by atoms with Crippen molar-refractivity contribution in [1.29, 1.82) is 0 Å². The molecule has 0 saturated carbocycles. The standard InChI is InChI=1S/C5H5Cl2N3OS/c1-12(11)5-9-3(7)2(6)4(8)10-5/h1H3,(H2,8,9,10)/t12-/m1/s1. The van der Waals surface area contributed by atoms with Crippen molar-refractivity contribution in [3.05, 3.63) is 10.2 Å². The average Bonchev–Trinajstić information content (AvgIpc) is 1.99. The zero-order valence-corrected chi connectivity index (χ0v) is 8.37. The normalized spacial score (nSPS) is 12.9. The molecule has 0 radical (unpaired) electrons. The molecule has 1 heterocycles. The molecule has 0 aliphatic carbocycles. The molecule has 1 aromatic rings. The van der Waals surface area contributed by atoms with Crippen LogP contribution in [0.15, 0.2) is 5.16 Å². The fourth-order valence-corrected chi connectivity index (χ4v) is 1.30. The van der Waals surface area contributed by atoms with Crippen molar-refractivity contribution in [2.45, 2.75) is 5.16 Å². The van der Waals surface area contributed by atoms with E-state index >= 15 is 0 Å². The highest BCUT2D eigenvalue weighted by Gasteiger charge is 2.10. The molecule has 0 fully saturated rings. The molecule has 0 aromatic carbocycles. The Bertz CT molecular complexity index is 320. The summed E-state index contributed by atoms with van der Waals surface area (Å²) in [6.45, 7) is 0. The van der Waals surface area contributed by atoms with E-state index in [1.165, 1.54) is 6.26 Å². The van der Waals surface area contributed by atoms with Crippen LogP contribution in [0.1, 0.15) is 0 Å². The maximum atomic E-state index is 10.9. The van der Waals surface area contributed by atoms with Crippen molar-refractivity contribution in [3.63, 3.8) is 0 Å². The van der Waals surface area contributed by atoms with Crippen LogP contribution in [0.3, 0.4) is 0 Å². The minimum absolute atomic E-state index is 0.0226. The topological polar surface area (TPSA) is 68.9 Å². The third-order valence-corrected chi connectivity index (χ3v) is 2.51. The van der Waals surface area contributed by atoms with Gasteiger partial charge in [0.2, 0.25) is 5.16 Å². The fourth-order valence-electron chi connectivity index (χ4n) is 0.544. The molecular formula is C5H5Cl2N3OS. The van der Waals surface area contributed by atoms with Crippen molar-refractivity contribution < 1.29 is 4.21 Å². The summed E-state index contributed by atoms with van der Waals surface area (Å²) in [4.78, 5) is 7.36. The number of rotatable bonds is 1. The third kappa shape index (κ3) is 1.85. The molecule has 0 aliphatic heterocycles. The van der Waals surface area contributed by atoms with Crippen LogP contribution in [0.5, 0.6) is 0 Å². The first kappa shape index (κ1) is 9.70. The Morgan fingerprint density at radius 1 is 1.42 bits per heavy atom. The molecule has 2 N–H and O–H groups in total. The summed E-state index contributed by atoms with van der Waals surface area (Å²) in [5, 5.41) is 0.196. The first-order valence-corrected chi connectivity index (χ1v) is 5.15. The summed E-state index contributed by atoms with van der Waals surface area (Å²) in [6, 6.07) is 0. The number of hydrogen-bond acceptors (Lipinski definition) is 4. The van der Waals surface area contributed by atoms with Gasteiger partial charge in [0.25, 0.3) is 0 Å². The smallest absolute Gasteiger partial charge is 0.221 e. The van der Waals surface area contributed by atoms with E-state index in [4.69, 9.17) is 28.9 Å². The van der Waals surface area contributed by atoms with Crippen molar-refractivity contribution in [2.24, 2.45) is 0 Å². The fraction of sp³-hybridized carbons (Fsp3) is 0.200. The second-order valence-electron chi connectivity index (χ2n) is 1.95. The lowest BCUT2D eigenvalue weighted by atomic mass is 10.6. The predicted molar refractivity (Wildman–Crippen MR) is 48.8 cm³/mol. The minimum Gasteiger partial charge on any atom is -0.382 e. The van der Waals surface area contributed by atoms with Crippen LogP contribution in [-0.2, 0) is 10.8 Å². The molecule has 0 unspecified atom stereocenters. The number of nitrogens with zero attached hydrogens (tertiary/aromatic N) is 2. The molecule has 1 atom stereocenters. The van der Waals surface area contributed by atoms with E-state index in [-0.39, 0.29) is 21.2 Å². The summed E-state index contributed by atoms with van der Waals surface area (Å²) in [5.74, 6) is 0.0434. The van der Waals surface area contributed by atoms with E-state index < -0.39 is 10.8 Å². The Kier molecular flexibility index (Phi) is 2.87. The Balaban J connectivity index is 3.31. The van der Waals surface area contributed by atoms with Crippen LogP contribution < -0.4 is 5.73 Å². The molecule has 4 nitrogen and oxygen atoms in total. The van der Waals surface area contributed by atoms with E-state index in [1.54, 1.807) is 0 Å². The van der Waals surface area contributed by atoms with Crippen LogP contribution >= 0.6 is 23.2 Å². The zero-order chi connectivity index (χ0) is 9.30. The Labute approximate surface area is 81.6 Å². The molecule has 7 heteroatoms. The van der Waals surface area contributed by atoms with Gasteiger partial charge < -0.3 is 5.73 Å². The minimum atomic E-state index is -1.30. The number of aromatic nitrogens is 2. The number of hydrogen-bond donors (Lipinski definition) is 1. The molecule has 1 aromatic heterocycles. The van der Waals surface area contributed by atoms with Crippen LogP contribution in [0.4, 0.5) is 5.82 Å².